The average Bonchev–Trinajstić information content (AvgIpc) is 2.38. The summed E-state index contributed by atoms with van der Waals surface area (Å²) in [7, 11) is 0. The van der Waals surface area contributed by atoms with E-state index in [0.29, 0.717) is 6.54 Å². The lowest BCUT2D eigenvalue weighted by atomic mass is 10.3. The zero-order chi connectivity index (χ0) is 13.4. The minimum Gasteiger partial charge on any atom is -0.505 e. The molecule has 0 atom stereocenters. The summed E-state index contributed by atoms with van der Waals surface area (Å²) < 4.78 is 0. The van der Waals surface area contributed by atoms with Crippen LogP contribution in [0.5, 0.6) is 5.75 Å². The second-order valence-electron chi connectivity index (χ2n) is 4.06. The number of nitrogens with one attached hydrogen (secondary N) is 1. The van der Waals surface area contributed by atoms with Crippen molar-refractivity contribution in [3.63, 3.8) is 0 Å². The lowest BCUT2D eigenvalue weighted by Gasteiger charge is -2.19. The van der Waals surface area contributed by atoms with E-state index in [-0.39, 0.29) is 17.4 Å². The SMILES string of the molecule is CCCN(CC)CCNC(=O)c1ncccc1O. The first kappa shape index (κ1) is 14.4. The standard InChI is InChI=1S/C13H21N3O2/c1-3-9-16(4-2)10-8-15-13(18)12-11(17)6-5-7-14-12/h5-7,17H,3-4,8-10H2,1-2H3,(H,15,18). The van der Waals surface area contributed by atoms with Crippen LogP contribution in [0.2, 0.25) is 0 Å². The van der Waals surface area contributed by atoms with E-state index < -0.39 is 0 Å². The minimum atomic E-state index is -0.333. The van der Waals surface area contributed by atoms with Gasteiger partial charge in [-0.25, -0.2) is 4.98 Å². The Morgan fingerprint density at radius 2 is 2.22 bits per heavy atom. The molecule has 1 aromatic heterocycles. The monoisotopic (exact) mass is 251 g/mol. The van der Waals surface area contributed by atoms with Crippen LogP contribution in [-0.2, 0) is 0 Å². The van der Waals surface area contributed by atoms with Crippen LogP contribution in [0, 0.1) is 0 Å². The largest absolute Gasteiger partial charge is 0.505 e. The lowest BCUT2D eigenvalue weighted by molar-refractivity contribution is 0.0940. The van der Waals surface area contributed by atoms with Crippen LogP contribution >= 0.6 is 0 Å². The normalized spacial score (nSPS) is 10.6. The molecule has 0 radical (unpaired) electrons. The number of hydrogen-bond acceptors (Lipinski definition) is 4. The Balaban J connectivity index is 2.40. The van der Waals surface area contributed by atoms with Crippen LogP contribution in [-0.4, -0.2) is 47.1 Å². The highest BCUT2D eigenvalue weighted by Crippen LogP contribution is 2.11. The fourth-order valence-corrected chi connectivity index (χ4v) is 1.73. The summed E-state index contributed by atoms with van der Waals surface area (Å²) in [5.41, 5.74) is 0.0797. The molecular formula is C13H21N3O2. The second kappa shape index (κ2) is 7.66. The molecule has 1 aromatic rings. The van der Waals surface area contributed by atoms with Crippen LogP contribution in [0.4, 0.5) is 0 Å². The van der Waals surface area contributed by atoms with Gasteiger partial charge in [0.1, 0.15) is 5.75 Å². The lowest BCUT2D eigenvalue weighted by Crippen LogP contribution is -2.35. The van der Waals surface area contributed by atoms with E-state index in [1.54, 1.807) is 6.07 Å². The zero-order valence-corrected chi connectivity index (χ0v) is 11.0. The van der Waals surface area contributed by atoms with E-state index in [1.165, 1.54) is 12.3 Å². The van der Waals surface area contributed by atoms with Gasteiger partial charge in [0.05, 0.1) is 0 Å². The Kier molecular flexibility index (Phi) is 6.14. The maximum atomic E-state index is 11.7. The molecule has 18 heavy (non-hydrogen) atoms. The van der Waals surface area contributed by atoms with Gasteiger partial charge in [0.15, 0.2) is 5.69 Å². The molecule has 0 spiro atoms. The smallest absolute Gasteiger partial charge is 0.273 e. The topological polar surface area (TPSA) is 65.5 Å². The van der Waals surface area contributed by atoms with Crippen LogP contribution in [0.15, 0.2) is 18.3 Å². The predicted octanol–water partition coefficient (Wildman–Crippen LogP) is 1.25. The van der Waals surface area contributed by atoms with Gasteiger partial charge in [-0.1, -0.05) is 13.8 Å². The van der Waals surface area contributed by atoms with Crippen LogP contribution in [0.1, 0.15) is 30.8 Å². The van der Waals surface area contributed by atoms with Gasteiger partial charge in [-0.3, -0.25) is 4.79 Å². The van der Waals surface area contributed by atoms with Gasteiger partial charge < -0.3 is 15.3 Å². The number of carbonyl (C=O) groups is 1. The number of likely N-dealkylation sites (N-methyl/N-ethyl adjacent to an activating group) is 1. The quantitative estimate of drug-likeness (QED) is 0.765. The van der Waals surface area contributed by atoms with Gasteiger partial charge in [0, 0.05) is 19.3 Å². The van der Waals surface area contributed by atoms with E-state index >= 15 is 0 Å². The van der Waals surface area contributed by atoms with Crippen molar-refractivity contribution in [3.05, 3.63) is 24.0 Å². The molecule has 0 aliphatic carbocycles. The van der Waals surface area contributed by atoms with E-state index in [0.717, 1.165) is 26.1 Å². The molecule has 2 N–H and O–H groups in total. The maximum Gasteiger partial charge on any atom is 0.273 e. The van der Waals surface area contributed by atoms with Crippen molar-refractivity contribution in [3.8, 4) is 5.75 Å². The third-order valence-corrected chi connectivity index (χ3v) is 2.70. The van der Waals surface area contributed by atoms with E-state index in [1.807, 2.05) is 0 Å². The Morgan fingerprint density at radius 3 is 2.83 bits per heavy atom. The summed E-state index contributed by atoms with van der Waals surface area (Å²) in [6, 6.07) is 3.05. The van der Waals surface area contributed by atoms with Gasteiger partial charge in [-0.15, -0.1) is 0 Å². The first-order valence-corrected chi connectivity index (χ1v) is 6.33. The highest BCUT2D eigenvalue weighted by atomic mass is 16.3. The number of carbonyl (C=O) groups excluding carboxylic acids is 1. The van der Waals surface area contributed by atoms with Gasteiger partial charge >= 0.3 is 0 Å². The molecule has 1 amide bonds. The number of amides is 1. The highest BCUT2D eigenvalue weighted by molar-refractivity contribution is 5.94. The van der Waals surface area contributed by atoms with Crippen LogP contribution in [0.3, 0.4) is 0 Å². The van der Waals surface area contributed by atoms with E-state index in [9.17, 15) is 9.90 Å². The summed E-state index contributed by atoms with van der Waals surface area (Å²) in [5.74, 6) is -0.420. The molecule has 0 saturated carbocycles. The number of nitrogens with zero attached hydrogens (tertiary/aromatic N) is 2. The number of aromatic hydroxyl groups is 1. The molecule has 0 aliphatic rings. The van der Waals surface area contributed by atoms with Crippen molar-refractivity contribution in [2.45, 2.75) is 20.3 Å². The molecule has 0 aliphatic heterocycles. The molecule has 0 fully saturated rings. The van der Waals surface area contributed by atoms with Gasteiger partial charge in [-0.05, 0) is 31.6 Å². The molecule has 0 aromatic carbocycles. The molecule has 1 rings (SSSR count). The minimum absolute atomic E-state index is 0.0797. The van der Waals surface area contributed by atoms with Crippen LogP contribution in [0.25, 0.3) is 0 Å². The second-order valence-corrected chi connectivity index (χ2v) is 4.06. The number of aromatic nitrogens is 1. The Labute approximate surface area is 108 Å². The molecular weight excluding hydrogens is 230 g/mol. The molecule has 0 saturated heterocycles. The molecule has 5 nitrogen and oxygen atoms in total. The van der Waals surface area contributed by atoms with Crippen molar-refractivity contribution in [1.82, 2.24) is 15.2 Å². The molecule has 0 unspecified atom stereocenters. The number of hydrogen-bond donors (Lipinski definition) is 2. The van der Waals surface area contributed by atoms with Crippen molar-refractivity contribution in [2.75, 3.05) is 26.2 Å². The average molecular weight is 251 g/mol. The summed E-state index contributed by atoms with van der Waals surface area (Å²) in [5, 5.41) is 12.2. The van der Waals surface area contributed by atoms with Gasteiger partial charge in [0.2, 0.25) is 0 Å². The fourth-order valence-electron chi connectivity index (χ4n) is 1.73. The van der Waals surface area contributed by atoms with Crippen LogP contribution < -0.4 is 5.32 Å². The highest BCUT2D eigenvalue weighted by Gasteiger charge is 2.11. The Morgan fingerprint density at radius 1 is 1.44 bits per heavy atom. The molecule has 5 heteroatoms. The summed E-state index contributed by atoms with van der Waals surface area (Å²) in [4.78, 5) is 17.9. The first-order chi connectivity index (χ1) is 8.69. The van der Waals surface area contributed by atoms with E-state index in [2.05, 4.69) is 29.0 Å². The third-order valence-electron chi connectivity index (χ3n) is 2.70. The van der Waals surface area contributed by atoms with Crippen molar-refractivity contribution in [1.29, 1.82) is 0 Å². The van der Waals surface area contributed by atoms with Crippen molar-refractivity contribution >= 4 is 5.91 Å². The van der Waals surface area contributed by atoms with Crippen molar-refractivity contribution in [2.24, 2.45) is 0 Å². The van der Waals surface area contributed by atoms with Gasteiger partial charge in [0.25, 0.3) is 5.91 Å². The van der Waals surface area contributed by atoms with Gasteiger partial charge in [-0.2, -0.15) is 0 Å². The molecule has 0 bridgehead atoms. The fraction of sp³-hybridized carbons (Fsp3) is 0.538. The summed E-state index contributed by atoms with van der Waals surface area (Å²) in [6.07, 6.45) is 2.59. The number of rotatable bonds is 7. The first-order valence-electron chi connectivity index (χ1n) is 6.33. The molecule has 100 valence electrons. The predicted molar refractivity (Wildman–Crippen MR) is 70.6 cm³/mol. The maximum absolute atomic E-state index is 11.7. The summed E-state index contributed by atoms with van der Waals surface area (Å²) >= 11 is 0. The third kappa shape index (κ3) is 4.33. The zero-order valence-electron chi connectivity index (χ0n) is 11.0. The summed E-state index contributed by atoms with van der Waals surface area (Å²) in [6.45, 7) is 7.60. The van der Waals surface area contributed by atoms with Crippen molar-refractivity contribution < 1.29 is 9.90 Å². The number of pyridine rings is 1. The molecule has 1 heterocycles. The Bertz CT molecular complexity index is 382. The van der Waals surface area contributed by atoms with E-state index in [4.69, 9.17) is 0 Å². The Hall–Kier alpha value is -1.62.